The summed E-state index contributed by atoms with van der Waals surface area (Å²) in [7, 11) is 1.92. The Hall–Kier alpha value is -1.77. The molecule has 1 aromatic carbocycles. The van der Waals surface area contributed by atoms with Gasteiger partial charge in [0, 0.05) is 19.3 Å². The number of hydrogen-bond donors (Lipinski definition) is 1. The molecule has 1 heterocycles. The molecule has 0 aliphatic rings. The molecule has 1 unspecified atom stereocenters. The van der Waals surface area contributed by atoms with Crippen molar-refractivity contribution in [3.8, 4) is 0 Å². The quantitative estimate of drug-likeness (QED) is 0.853. The van der Waals surface area contributed by atoms with Gasteiger partial charge in [-0.25, -0.2) is 0 Å². The third kappa shape index (κ3) is 2.42. The van der Waals surface area contributed by atoms with E-state index in [1.165, 1.54) is 11.1 Å². The Morgan fingerprint density at radius 2 is 1.94 bits per heavy atom. The lowest BCUT2D eigenvalue weighted by Gasteiger charge is -2.14. The highest BCUT2D eigenvalue weighted by atomic mass is 15.3. The van der Waals surface area contributed by atoms with Crippen molar-refractivity contribution in [2.24, 2.45) is 7.05 Å². The highest BCUT2D eigenvalue weighted by Gasteiger charge is 2.05. The maximum atomic E-state index is 4.13. The number of rotatable bonds is 3. The first-order valence-electron chi connectivity index (χ1n) is 5.47. The summed E-state index contributed by atoms with van der Waals surface area (Å²) in [5.74, 6) is 0. The molecule has 0 bridgehead atoms. The summed E-state index contributed by atoms with van der Waals surface area (Å²) in [4.78, 5) is 0. The lowest BCUT2D eigenvalue weighted by molar-refractivity contribution is 0.767. The molecule has 1 aromatic heterocycles. The molecule has 2 aromatic rings. The summed E-state index contributed by atoms with van der Waals surface area (Å²) >= 11 is 0. The average molecular weight is 215 g/mol. The number of aromatic nitrogens is 2. The first-order chi connectivity index (χ1) is 7.65. The average Bonchev–Trinajstić information content (AvgIpc) is 2.65. The zero-order chi connectivity index (χ0) is 11.5. The van der Waals surface area contributed by atoms with Gasteiger partial charge in [-0.15, -0.1) is 0 Å². The van der Waals surface area contributed by atoms with E-state index in [2.05, 4.69) is 48.5 Å². The van der Waals surface area contributed by atoms with Crippen molar-refractivity contribution in [1.29, 1.82) is 0 Å². The summed E-state index contributed by atoms with van der Waals surface area (Å²) in [6.45, 7) is 4.25. The van der Waals surface area contributed by atoms with Gasteiger partial charge in [-0.3, -0.25) is 4.68 Å². The van der Waals surface area contributed by atoms with Gasteiger partial charge in [0.1, 0.15) is 0 Å². The van der Waals surface area contributed by atoms with Crippen molar-refractivity contribution in [1.82, 2.24) is 9.78 Å². The zero-order valence-corrected chi connectivity index (χ0v) is 9.94. The first-order valence-corrected chi connectivity index (χ1v) is 5.47. The van der Waals surface area contributed by atoms with Crippen LogP contribution in [0.5, 0.6) is 0 Å². The molecular weight excluding hydrogens is 198 g/mol. The highest BCUT2D eigenvalue weighted by Crippen LogP contribution is 2.18. The van der Waals surface area contributed by atoms with E-state index in [0.29, 0.717) is 6.04 Å². The van der Waals surface area contributed by atoms with Crippen molar-refractivity contribution < 1.29 is 0 Å². The summed E-state index contributed by atoms with van der Waals surface area (Å²) in [5, 5.41) is 7.55. The molecule has 3 nitrogen and oxygen atoms in total. The van der Waals surface area contributed by atoms with Crippen molar-refractivity contribution in [2.45, 2.75) is 19.9 Å². The number of nitrogens with zero attached hydrogens (tertiary/aromatic N) is 2. The Bertz CT molecular complexity index is 456. The Labute approximate surface area is 96.1 Å². The Morgan fingerprint density at radius 1 is 1.25 bits per heavy atom. The van der Waals surface area contributed by atoms with Crippen molar-refractivity contribution >= 4 is 5.69 Å². The summed E-state index contributed by atoms with van der Waals surface area (Å²) in [6, 6.07) is 8.88. The molecule has 0 saturated heterocycles. The molecule has 3 heteroatoms. The molecule has 0 saturated carbocycles. The van der Waals surface area contributed by atoms with E-state index in [0.717, 1.165) is 5.69 Å². The van der Waals surface area contributed by atoms with Gasteiger partial charge in [-0.2, -0.15) is 5.10 Å². The van der Waals surface area contributed by atoms with Crippen molar-refractivity contribution in [3.05, 3.63) is 47.8 Å². The van der Waals surface area contributed by atoms with Crippen LogP contribution in [0.4, 0.5) is 5.69 Å². The van der Waals surface area contributed by atoms with E-state index in [1.807, 2.05) is 19.4 Å². The molecule has 0 radical (unpaired) electrons. The van der Waals surface area contributed by atoms with Crippen LogP contribution in [-0.2, 0) is 7.05 Å². The van der Waals surface area contributed by atoms with Crippen LogP contribution in [0.15, 0.2) is 36.7 Å². The van der Waals surface area contributed by atoms with Gasteiger partial charge < -0.3 is 5.32 Å². The number of aryl methyl sites for hydroxylation is 2. The fourth-order valence-electron chi connectivity index (χ4n) is 1.68. The smallest absolute Gasteiger partial charge is 0.0731 e. The normalized spacial score (nSPS) is 12.4. The summed E-state index contributed by atoms with van der Waals surface area (Å²) in [5.41, 5.74) is 3.63. The van der Waals surface area contributed by atoms with Crippen LogP contribution in [-0.4, -0.2) is 9.78 Å². The minimum absolute atomic E-state index is 0.296. The van der Waals surface area contributed by atoms with Crippen LogP contribution in [0.25, 0.3) is 0 Å². The topological polar surface area (TPSA) is 29.9 Å². The Morgan fingerprint density at radius 3 is 2.50 bits per heavy atom. The molecule has 0 amide bonds. The second kappa shape index (κ2) is 4.39. The lowest BCUT2D eigenvalue weighted by atomic mass is 10.1. The van der Waals surface area contributed by atoms with Gasteiger partial charge in [-0.1, -0.05) is 29.8 Å². The van der Waals surface area contributed by atoms with E-state index < -0.39 is 0 Å². The van der Waals surface area contributed by atoms with Crippen LogP contribution >= 0.6 is 0 Å². The van der Waals surface area contributed by atoms with E-state index in [-0.39, 0.29) is 0 Å². The predicted octanol–water partition coefficient (Wildman–Crippen LogP) is 2.90. The van der Waals surface area contributed by atoms with E-state index >= 15 is 0 Å². The third-order valence-electron chi connectivity index (χ3n) is 2.67. The van der Waals surface area contributed by atoms with Crippen molar-refractivity contribution in [2.75, 3.05) is 5.32 Å². The van der Waals surface area contributed by atoms with E-state index in [1.54, 1.807) is 4.68 Å². The van der Waals surface area contributed by atoms with Crippen LogP contribution in [0.2, 0.25) is 0 Å². The van der Waals surface area contributed by atoms with Crippen LogP contribution in [0.1, 0.15) is 24.1 Å². The van der Waals surface area contributed by atoms with E-state index in [4.69, 9.17) is 0 Å². The standard InChI is InChI=1S/C13H17N3/c1-10-4-6-12(7-5-10)11(2)15-13-8-14-16(3)9-13/h4-9,11,15H,1-3H3. The second-order valence-electron chi connectivity index (χ2n) is 4.18. The van der Waals surface area contributed by atoms with Crippen molar-refractivity contribution in [3.63, 3.8) is 0 Å². The molecular formula is C13H17N3. The van der Waals surface area contributed by atoms with Crippen LogP contribution in [0, 0.1) is 6.92 Å². The third-order valence-corrected chi connectivity index (χ3v) is 2.67. The van der Waals surface area contributed by atoms with Gasteiger partial charge in [-0.05, 0) is 19.4 Å². The minimum Gasteiger partial charge on any atom is -0.376 e. The van der Waals surface area contributed by atoms with Gasteiger partial charge in [0.15, 0.2) is 0 Å². The molecule has 0 aliphatic carbocycles. The number of benzene rings is 1. The molecule has 0 spiro atoms. The monoisotopic (exact) mass is 215 g/mol. The Kier molecular flexibility index (Phi) is 2.95. The maximum absolute atomic E-state index is 4.13. The number of anilines is 1. The SMILES string of the molecule is Cc1ccc(C(C)Nc2cnn(C)c2)cc1. The molecule has 0 aliphatic heterocycles. The second-order valence-corrected chi connectivity index (χ2v) is 4.18. The Balaban J connectivity index is 2.08. The van der Waals surface area contributed by atoms with Gasteiger partial charge in [0.25, 0.3) is 0 Å². The molecule has 1 N–H and O–H groups in total. The molecule has 0 fully saturated rings. The predicted molar refractivity (Wildman–Crippen MR) is 66.4 cm³/mol. The van der Waals surface area contributed by atoms with E-state index in [9.17, 15) is 0 Å². The fraction of sp³-hybridized carbons (Fsp3) is 0.308. The molecule has 16 heavy (non-hydrogen) atoms. The van der Waals surface area contributed by atoms with Crippen LogP contribution in [0.3, 0.4) is 0 Å². The zero-order valence-electron chi connectivity index (χ0n) is 9.94. The van der Waals surface area contributed by atoms with Gasteiger partial charge in [0.2, 0.25) is 0 Å². The summed E-state index contributed by atoms with van der Waals surface area (Å²) < 4.78 is 1.80. The number of hydrogen-bond acceptors (Lipinski definition) is 2. The van der Waals surface area contributed by atoms with Crippen LogP contribution < -0.4 is 5.32 Å². The largest absolute Gasteiger partial charge is 0.376 e. The molecule has 2 rings (SSSR count). The highest BCUT2D eigenvalue weighted by molar-refractivity contribution is 5.41. The summed E-state index contributed by atoms with van der Waals surface area (Å²) in [6.07, 6.45) is 3.81. The lowest BCUT2D eigenvalue weighted by Crippen LogP contribution is -2.05. The van der Waals surface area contributed by atoms with Gasteiger partial charge >= 0.3 is 0 Å². The number of nitrogens with one attached hydrogen (secondary N) is 1. The maximum Gasteiger partial charge on any atom is 0.0731 e. The molecule has 84 valence electrons. The van der Waals surface area contributed by atoms with Gasteiger partial charge in [0.05, 0.1) is 11.9 Å². The first kappa shape index (κ1) is 10.7. The minimum atomic E-state index is 0.296. The molecule has 1 atom stereocenters. The fourth-order valence-corrected chi connectivity index (χ4v) is 1.68.